The maximum absolute atomic E-state index is 10.4. The third kappa shape index (κ3) is 2.03. The number of carboxylic acids is 1. The van der Waals surface area contributed by atoms with Gasteiger partial charge >= 0.3 is 5.97 Å². The minimum absolute atomic E-state index is 0.311. The number of hydrogen-bond donors (Lipinski definition) is 3. The number of alkyl halides is 1. The fraction of sp³-hybridized carbons (Fsp3) is 0.833. The number of hydrogen-bond acceptors (Lipinski definition) is 3. The number of carboxylic acid groups (broad SMARTS) is 1. The summed E-state index contributed by atoms with van der Waals surface area (Å²) in [6.07, 6.45) is 0.311. The number of halogens is 1. The van der Waals surface area contributed by atoms with Crippen LogP contribution in [0, 0.1) is 0 Å². The summed E-state index contributed by atoms with van der Waals surface area (Å²) in [6.45, 7) is 0.382. The zero-order valence-electron chi connectivity index (χ0n) is 5.88. The fourth-order valence-electron chi connectivity index (χ4n) is 1.11. The van der Waals surface area contributed by atoms with Gasteiger partial charge in [0.15, 0.2) is 0 Å². The highest BCUT2D eigenvalue weighted by molar-refractivity contribution is 14.1. The molecule has 1 heterocycles. The molecular formula is C6H10INO3. The summed E-state index contributed by atoms with van der Waals surface area (Å²) in [6, 6.07) is -0.574. The topological polar surface area (TPSA) is 69.6 Å². The number of β-amino-alcohol motifs (C(OH)–C–C–N with tert-alkyl or cyclic N) is 1. The standard InChI is InChI=1S/C6H10INO3/c7-2-6(11)1-4(5(9)10)8-3-6/h4,8,11H,1-3H2,(H,9,10)/t4-,6+/m0/s1. The van der Waals surface area contributed by atoms with Gasteiger partial charge in [-0.05, 0) is 0 Å². The van der Waals surface area contributed by atoms with E-state index in [1.165, 1.54) is 0 Å². The normalized spacial score (nSPS) is 37.5. The smallest absolute Gasteiger partial charge is 0.320 e. The molecular weight excluding hydrogens is 261 g/mol. The number of aliphatic carboxylic acids is 1. The van der Waals surface area contributed by atoms with Crippen LogP contribution in [0.4, 0.5) is 0 Å². The predicted octanol–water partition coefficient (Wildman–Crippen LogP) is -0.401. The van der Waals surface area contributed by atoms with Crippen LogP contribution in [-0.2, 0) is 4.79 Å². The molecule has 0 saturated carbocycles. The second kappa shape index (κ2) is 3.24. The second-order valence-electron chi connectivity index (χ2n) is 2.83. The Balaban J connectivity index is 2.53. The first-order chi connectivity index (χ1) is 5.07. The average molecular weight is 271 g/mol. The zero-order chi connectivity index (χ0) is 8.48. The molecule has 1 rings (SSSR count). The van der Waals surface area contributed by atoms with Crippen LogP contribution < -0.4 is 5.32 Å². The largest absolute Gasteiger partial charge is 0.480 e. The fourth-order valence-corrected chi connectivity index (χ4v) is 1.69. The van der Waals surface area contributed by atoms with Crippen LogP contribution in [0.2, 0.25) is 0 Å². The van der Waals surface area contributed by atoms with E-state index in [4.69, 9.17) is 5.11 Å². The maximum atomic E-state index is 10.4. The lowest BCUT2D eigenvalue weighted by Gasteiger charge is -2.16. The molecule has 0 unspecified atom stereocenters. The summed E-state index contributed by atoms with van der Waals surface area (Å²) in [5.74, 6) is -0.884. The van der Waals surface area contributed by atoms with Gasteiger partial charge in [-0.25, -0.2) is 0 Å². The molecule has 0 amide bonds. The van der Waals surface area contributed by atoms with E-state index in [2.05, 4.69) is 27.9 Å². The summed E-state index contributed by atoms with van der Waals surface area (Å²) in [5, 5.41) is 20.9. The van der Waals surface area contributed by atoms with Gasteiger partial charge in [-0.3, -0.25) is 4.79 Å². The Bertz CT molecular complexity index is 175. The predicted molar refractivity (Wildman–Crippen MR) is 47.9 cm³/mol. The highest BCUT2D eigenvalue weighted by Crippen LogP contribution is 2.21. The van der Waals surface area contributed by atoms with Crippen molar-refractivity contribution >= 4 is 28.6 Å². The number of rotatable bonds is 2. The van der Waals surface area contributed by atoms with Gasteiger partial charge in [-0.2, -0.15) is 0 Å². The van der Waals surface area contributed by atoms with Crippen LogP contribution in [0.25, 0.3) is 0 Å². The van der Waals surface area contributed by atoms with E-state index in [0.717, 1.165) is 0 Å². The Hall–Kier alpha value is 0.120. The van der Waals surface area contributed by atoms with Gasteiger partial charge in [0.05, 0.1) is 5.60 Å². The summed E-state index contributed by atoms with van der Waals surface area (Å²) >= 11 is 2.06. The summed E-state index contributed by atoms with van der Waals surface area (Å²) in [5.41, 5.74) is -0.816. The van der Waals surface area contributed by atoms with Crippen LogP contribution in [0.1, 0.15) is 6.42 Å². The first-order valence-corrected chi connectivity index (χ1v) is 4.84. The number of carbonyl (C=O) groups is 1. The molecule has 1 aliphatic rings. The van der Waals surface area contributed by atoms with E-state index in [0.29, 0.717) is 17.4 Å². The van der Waals surface area contributed by atoms with Crippen molar-refractivity contribution in [3.05, 3.63) is 0 Å². The van der Waals surface area contributed by atoms with E-state index in [-0.39, 0.29) is 0 Å². The van der Waals surface area contributed by atoms with Crippen LogP contribution in [-0.4, -0.2) is 38.8 Å². The summed E-state index contributed by atoms with van der Waals surface area (Å²) in [7, 11) is 0. The molecule has 11 heavy (non-hydrogen) atoms. The van der Waals surface area contributed by atoms with Crippen molar-refractivity contribution in [1.82, 2.24) is 5.32 Å². The summed E-state index contributed by atoms with van der Waals surface area (Å²) in [4.78, 5) is 10.4. The van der Waals surface area contributed by atoms with Crippen LogP contribution in [0.15, 0.2) is 0 Å². The molecule has 3 N–H and O–H groups in total. The van der Waals surface area contributed by atoms with Crippen molar-refractivity contribution in [2.75, 3.05) is 11.0 Å². The van der Waals surface area contributed by atoms with E-state index >= 15 is 0 Å². The third-order valence-corrected chi connectivity index (χ3v) is 3.23. The van der Waals surface area contributed by atoms with Crippen LogP contribution in [0.5, 0.6) is 0 Å². The molecule has 0 spiro atoms. The minimum Gasteiger partial charge on any atom is -0.480 e. The first kappa shape index (κ1) is 9.21. The molecule has 64 valence electrons. The van der Waals surface area contributed by atoms with E-state index in [1.54, 1.807) is 0 Å². The quantitative estimate of drug-likeness (QED) is 0.472. The lowest BCUT2D eigenvalue weighted by atomic mass is 10.0. The Morgan fingerprint density at radius 3 is 2.73 bits per heavy atom. The SMILES string of the molecule is O=C(O)[C@@H]1C[C@@](O)(CI)CN1. The Kier molecular flexibility index (Phi) is 2.71. The lowest BCUT2D eigenvalue weighted by Crippen LogP contribution is -2.32. The molecule has 0 radical (unpaired) electrons. The molecule has 0 aromatic carbocycles. The third-order valence-electron chi connectivity index (χ3n) is 1.81. The molecule has 4 nitrogen and oxygen atoms in total. The summed E-state index contributed by atoms with van der Waals surface area (Å²) < 4.78 is 0.571. The van der Waals surface area contributed by atoms with Gasteiger partial charge < -0.3 is 15.5 Å². The Morgan fingerprint density at radius 2 is 2.45 bits per heavy atom. The van der Waals surface area contributed by atoms with Gasteiger partial charge in [0.1, 0.15) is 6.04 Å². The van der Waals surface area contributed by atoms with Gasteiger partial charge in [0.25, 0.3) is 0 Å². The number of nitrogens with one attached hydrogen (secondary N) is 1. The van der Waals surface area contributed by atoms with Crippen molar-refractivity contribution < 1.29 is 15.0 Å². The molecule has 1 saturated heterocycles. The minimum atomic E-state index is -0.884. The van der Waals surface area contributed by atoms with Crippen molar-refractivity contribution in [3.63, 3.8) is 0 Å². The van der Waals surface area contributed by atoms with Crippen molar-refractivity contribution in [1.29, 1.82) is 0 Å². The van der Waals surface area contributed by atoms with Crippen molar-refractivity contribution in [2.24, 2.45) is 0 Å². The van der Waals surface area contributed by atoms with E-state index in [9.17, 15) is 9.90 Å². The monoisotopic (exact) mass is 271 g/mol. The zero-order valence-corrected chi connectivity index (χ0v) is 8.04. The first-order valence-electron chi connectivity index (χ1n) is 3.32. The Morgan fingerprint density at radius 1 is 1.82 bits per heavy atom. The molecule has 0 aromatic heterocycles. The lowest BCUT2D eigenvalue weighted by molar-refractivity contribution is -0.139. The molecule has 1 aliphatic heterocycles. The maximum Gasteiger partial charge on any atom is 0.320 e. The molecule has 0 bridgehead atoms. The average Bonchev–Trinajstić information content (AvgIpc) is 2.33. The molecule has 0 aliphatic carbocycles. The van der Waals surface area contributed by atoms with Gasteiger partial charge in [0, 0.05) is 17.4 Å². The van der Waals surface area contributed by atoms with Crippen molar-refractivity contribution in [2.45, 2.75) is 18.1 Å². The highest BCUT2D eigenvalue weighted by Gasteiger charge is 2.39. The van der Waals surface area contributed by atoms with Crippen LogP contribution >= 0.6 is 22.6 Å². The second-order valence-corrected chi connectivity index (χ2v) is 3.60. The highest BCUT2D eigenvalue weighted by atomic mass is 127. The Labute approximate surface area is 78.1 Å². The van der Waals surface area contributed by atoms with Crippen LogP contribution in [0.3, 0.4) is 0 Å². The van der Waals surface area contributed by atoms with Gasteiger partial charge in [0.2, 0.25) is 0 Å². The van der Waals surface area contributed by atoms with Gasteiger partial charge in [-0.15, -0.1) is 0 Å². The van der Waals surface area contributed by atoms with Gasteiger partial charge in [-0.1, -0.05) is 22.6 Å². The molecule has 5 heteroatoms. The van der Waals surface area contributed by atoms with E-state index in [1.807, 2.05) is 0 Å². The van der Waals surface area contributed by atoms with Crippen molar-refractivity contribution in [3.8, 4) is 0 Å². The molecule has 1 fully saturated rings. The molecule has 0 aromatic rings. The number of aliphatic hydroxyl groups is 1. The molecule has 2 atom stereocenters. The van der Waals surface area contributed by atoms with E-state index < -0.39 is 17.6 Å².